The Bertz CT molecular complexity index is 1180. The van der Waals surface area contributed by atoms with Crippen molar-refractivity contribution in [3.8, 4) is 0 Å². The smallest absolute Gasteiger partial charge is 0.251 e. The van der Waals surface area contributed by atoms with Crippen molar-refractivity contribution in [2.24, 2.45) is 5.92 Å². The van der Waals surface area contributed by atoms with Crippen LogP contribution in [0.25, 0.3) is 0 Å². The predicted molar refractivity (Wildman–Crippen MR) is 137 cm³/mol. The van der Waals surface area contributed by atoms with E-state index in [1.165, 1.54) is 11.8 Å². The minimum absolute atomic E-state index is 0.0932. The van der Waals surface area contributed by atoms with E-state index in [1.807, 2.05) is 69.5 Å². The first-order valence-corrected chi connectivity index (χ1v) is 12.5. The van der Waals surface area contributed by atoms with Crippen molar-refractivity contribution in [3.05, 3.63) is 70.0 Å². The standard InChI is InChI=1S/C25H30ClN5O2S/c1-6-31-23(22(15(2)3)28-24(33)18-9-7-8-16(4)12-18)29-30-25(31)34-14-21(32)27-19-11-10-17(5)20(26)13-19/h7-13,15,22H,6,14H2,1-5H3,(H,27,32)(H,28,33)/t22-/m0/s1. The van der Waals surface area contributed by atoms with Gasteiger partial charge in [-0.3, -0.25) is 9.59 Å². The summed E-state index contributed by atoms with van der Waals surface area (Å²) in [5, 5.41) is 15.9. The molecule has 2 N–H and O–H groups in total. The van der Waals surface area contributed by atoms with E-state index in [4.69, 9.17) is 11.6 Å². The summed E-state index contributed by atoms with van der Waals surface area (Å²) in [6.45, 7) is 10.5. The fourth-order valence-electron chi connectivity index (χ4n) is 3.47. The van der Waals surface area contributed by atoms with Gasteiger partial charge in [-0.1, -0.05) is 61.0 Å². The molecule has 0 saturated heterocycles. The third kappa shape index (κ3) is 6.39. The van der Waals surface area contributed by atoms with Gasteiger partial charge < -0.3 is 15.2 Å². The van der Waals surface area contributed by atoms with Gasteiger partial charge in [0.05, 0.1) is 11.8 Å². The zero-order valence-electron chi connectivity index (χ0n) is 20.1. The fraction of sp³-hybridized carbons (Fsp3) is 0.360. The van der Waals surface area contributed by atoms with E-state index >= 15 is 0 Å². The molecule has 9 heteroatoms. The number of rotatable bonds is 9. The summed E-state index contributed by atoms with van der Waals surface area (Å²) in [5.41, 5.74) is 3.23. The first-order valence-electron chi connectivity index (χ1n) is 11.2. The molecule has 2 aromatic carbocycles. The topological polar surface area (TPSA) is 88.9 Å². The Morgan fingerprint density at radius 3 is 2.53 bits per heavy atom. The number of benzene rings is 2. The summed E-state index contributed by atoms with van der Waals surface area (Å²) in [4.78, 5) is 25.4. The van der Waals surface area contributed by atoms with Crippen LogP contribution in [0.4, 0.5) is 5.69 Å². The van der Waals surface area contributed by atoms with Crippen LogP contribution in [0.3, 0.4) is 0 Å². The second-order valence-electron chi connectivity index (χ2n) is 8.45. The Balaban J connectivity index is 1.71. The number of nitrogens with one attached hydrogen (secondary N) is 2. The van der Waals surface area contributed by atoms with E-state index in [9.17, 15) is 9.59 Å². The molecule has 2 amide bonds. The van der Waals surface area contributed by atoms with Crippen LogP contribution in [0.5, 0.6) is 0 Å². The maximum Gasteiger partial charge on any atom is 0.251 e. The van der Waals surface area contributed by atoms with Gasteiger partial charge in [0.25, 0.3) is 5.91 Å². The number of carbonyl (C=O) groups excluding carboxylic acids is 2. The highest BCUT2D eigenvalue weighted by Crippen LogP contribution is 2.26. The molecule has 1 aromatic heterocycles. The van der Waals surface area contributed by atoms with Gasteiger partial charge in [0, 0.05) is 22.8 Å². The average molecular weight is 500 g/mol. The van der Waals surface area contributed by atoms with Crippen LogP contribution in [0, 0.1) is 19.8 Å². The van der Waals surface area contributed by atoms with Gasteiger partial charge >= 0.3 is 0 Å². The molecule has 1 atom stereocenters. The molecule has 7 nitrogen and oxygen atoms in total. The third-order valence-corrected chi connectivity index (χ3v) is 6.74. The van der Waals surface area contributed by atoms with Crippen LogP contribution in [0.1, 0.15) is 54.1 Å². The van der Waals surface area contributed by atoms with Gasteiger partial charge in [-0.2, -0.15) is 0 Å². The molecule has 0 spiro atoms. The first kappa shape index (κ1) is 25.8. The van der Waals surface area contributed by atoms with E-state index in [0.717, 1.165) is 11.1 Å². The Hall–Kier alpha value is -2.84. The summed E-state index contributed by atoms with van der Waals surface area (Å²) in [7, 11) is 0. The molecule has 3 rings (SSSR count). The second kappa shape index (κ2) is 11.5. The first-order chi connectivity index (χ1) is 16.2. The van der Waals surface area contributed by atoms with Gasteiger partial charge in [0.15, 0.2) is 11.0 Å². The van der Waals surface area contributed by atoms with Crippen molar-refractivity contribution in [3.63, 3.8) is 0 Å². The summed E-state index contributed by atoms with van der Waals surface area (Å²) in [6.07, 6.45) is 0. The summed E-state index contributed by atoms with van der Waals surface area (Å²) in [5.74, 6) is 0.622. The number of hydrogen-bond acceptors (Lipinski definition) is 5. The summed E-state index contributed by atoms with van der Waals surface area (Å²) in [6, 6.07) is 12.6. The zero-order valence-corrected chi connectivity index (χ0v) is 21.6. The van der Waals surface area contributed by atoms with E-state index in [-0.39, 0.29) is 29.5 Å². The van der Waals surface area contributed by atoms with Crippen molar-refractivity contribution in [2.45, 2.75) is 52.4 Å². The van der Waals surface area contributed by atoms with Crippen LogP contribution in [-0.4, -0.2) is 32.3 Å². The van der Waals surface area contributed by atoms with Crippen LogP contribution in [0.2, 0.25) is 5.02 Å². The Kier molecular flexibility index (Phi) is 8.74. The summed E-state index contributed by atoms with van der Waals surface area (Å²) >= 11 is 7.45. The number of carbonyl (C=O) groups is 2. The maximum atomic E-state index is 12.9. The maximum absolute atomic E-state index is 12.9. The molecule has 34 heavy (non-hydrogen) atoms. The van der Waals surface area contributed by atoms with Crippen LogP contribution in [-0.2, 0) is 11.3 Å². The molecule has 1 heterocycles. The SMILES string of the molecule is CCn1c(SCC(=O)Nc2ccc(C)c(Cl)c2)nnc1[C@@H](NC(=O)c1cccc(C)c1)C(C)C. The monoisotopic (exact) mass is 499 g/mol. The van der Waals surface area contributed by atoms with Crippen LogP contribution in [0.15, 0.2) is 47.6 Å². The zero-order chi connectivity index (χ0) is 24.8. The average Bonchev–Trinajstić information content (AvgIpc) is 3.20. The van der Waals surface area contributed by atoms with Crippen molar-refractivity contribution in [1.29, 1.82) is 0 Å². The Morgan fingerprint density at radius 1 is 1.12 bits per heavy atom. The number of anilines is 1. The van der Waals surface area contributed by atoms with Crippen LogP contribution < -0.4 is 10.6 Å². The summed E-state index contributed by atoms with van der Waals surface area (Å²) < 4.78 is 1.95. The number of aromatic nitrogens is 3. The Morgan fingerprint density at radius 2 is 1.88 bits per heavy atom. The molecule has 0 fully saturated rings. The Labute approximate surface area is 209 Å². The van der Waals surface area contributed by atoms with Gasteiger partial charge in [0.2, 0.25) is 5.91 Å². The molecule has 180 valence electrons. The molecule has 0 bridgehead atoms. The predicted octanol–water partition coefficient (Wildman–Crippen LogP) is 5.43. The highest BCUT2D eigenvalue weighted by atomic mass is 35.5. The quantitative estimate of drug-likeness (QED) is 0.383. The van der Waals surface area contributed by atoms with Gasteiger partial charge in [0.1, 0.15) is 0 Å². The lowest BCUT2D eigenvalue weighted by molar-refractivity contribution is -0.113. The highest BCUT2D eigenvalue weighted by Gasteiger charge is 2.26. The van der Waals surface area contributed by atoms with Crippen molar-refractivity contribution in [2.75, 3.05) is 11.1 Å². The number of thioether (sulfide) groups is 1. The lowest BCUT2D eigenvalue weighted by Gasteiger charge is -2.22. The van der Waals surface area contributed by atoms with E-state index in [2.05, 4.69) is 20.8 Å². The molecule has 0 aliphatic heterocycles. The highest BCUT2D eigenvalue weighted by molar-refractivity contribution is 7.99. The molecule has 0 unspecified atom stereocenters. The molecule has 0 aliphatic rings. The third-order valence-electron chi connectivity index (χ3n) is 5.36. The number of aryl methyl sites for hydroxylation is 2. The minimum atomic E-state index is -0.321. The minimum Gasteiger partial charge on any atom is -0.342 e. The second-order valence-corrected chi connectivity index (χ2v) is 9.80. The number of nitrogens with zero attached hydrogens (tertiary/aromatic N) is 3. The molecule has 0 radical (unpaired) electrons. The van der Waals surface area contributed by atoms with Gasteiger partial charge in [-0.15, -0.1) is 10.2 Å². The lowest BCUT2D eigenvalue weighted by Crippen LogP contribution is -2.33. The molecule has 0 aliphatic carbocycles. The van der Waals surface area contributed by atoms with E-state index in [1.54, 1.807) is 12.1 Å². The lowest BCUT2D eigenvalue weighted by atomic mass is 10.0. The normalized spacial score (nSPS) is 12.0. The largest absolute Gasteiger partial charge is 0.342 e. The molecular weight excluding hydrogens is 470 g/mol. The molecular formula is C25H30ClN5O2S. The molecule has 3 aromatic rings. The number of amides is 2. The van der Waals surface area contributed by atoms with E-state index < -0.39 is 0 Å². The molecule has 0 saturated carbocycles. The van der Waals surface area contributed by atoms with E-state index in [0.29, 0.717) is 33.8 Å². The number of halogens is 1. The van der Waals surface area contributed by atoms with Crippen molar-refractivity contribution in [1.82, 2.24) is 20.1 Å². The van der Waals surface area contributed by atoms with Gasteiger partial charge in [-0.05, 0) is 56.5 Å². The number of hydrogen-bond donors (Lipinski definition) is 2. The van der Waals surface area contributed by atoms with Crippen molar-refractivity contribution < 1.29 is 9.59 Å². The van der Waals surface area contributed by atoms with Crippen LogP contribution >= 0.6 is 23.4 Å². The van der Waals surface area contributed by atoms with Gasteiger partial charge in [-0.25, -0.2) is 0 Å². The fourth-order valence-corrected chi connectivity index (χ4v) is 4.46. The van der Waals surface area contributed by atoms with Crippen molar-refractivity contribution >= 4 is 40.9 Å².